The number of alkyl halides is 3. The van der Waals surface area contributed by atoms with Crippen LogP contribution in [-0.2, 0) is 6.18 Å². The minimum absolute atomic E-state index is 0.0746. The number of hydrogen-bond acceptors (Lipinski definition) is 4. The standard InChI is InChI=1S/C14H8F4N4/c15-11-2-1-8(5-10(11)14(16,17)18)22-13-9-3-4-19-6-12(9)20-7-21-13/h1-7H,(H,20,21,22). The van der Waals surface area contributed by atoms with Gasteiger partial charge >= 0.3 is 6.18 Å². The Labute approximate surface area is 121 Å². The van der Waals surface area contributed by atoms with Crippen LogP contribution in [0, 0.1) is 5.82 Å². The van der Waals surface area contributed by atoms with E-state index in [1.807, 2.05) is 0 Å². The van der Waals surface area contributed by atoms with Gasteiger partial charge in [-0.3, -0.25) is 4.98 Å². The third kappa shape index (κ3) is 2.67. The van der Waals surface area contributed by atoms with Crippen LogP contribution in [0.4, 0.5) is 29.1 Å². The molecule has 0 saturated carbocycles. The lowest BCUT2D eigenvalue weighted by molar-refractivity contribution is -0.139. The van der Waals surface area contributed by atoms with Crippen LogP contribution >= 0.6 is 0 Å². The van der Waals surface area contributed by atoms with E-state index in [1.165, 1.54) is 24.8 Å². The van der Waals surface area contributed by atoms with Crippen molar-refractivity contribution in [3.8, 4) is 0 Å². The molecule has 0 fully saturated rings. The summed E-state index contributed by atoms with van der Waals surface area (Å²) >= 11 is 0. The number of hydrogen-bond donors (Lipinski definition) is 1. The number of halogens is 4. The molecule has 3 rings (SSSR count). The number of nitrogens with zero attached hydrogens (tertiary/aromatic N) is 3. The number of pyridine rings is 1. The maximum atomic E-state index is 13.3. The number of rotatable bonds is 2. The second-order valence-electron chi connectivity index (χ2n) is 4.43. The Morgan fingerprint density at radius 1 is 1.05 bits per heavy atom. The number of benzene rings is 1. The van der Waals surface area contributed by atoms with E-state index in [2.05, 4.69) is 20.3 Å². The predicted octanol–water partition coefficient (Wildman–Crippen LogP) is 3.93. The van der Waals surface area contributed by atoms with Crippen LogP contribution in [0.5, 0.6) is 0 Å². The topological polar surface area (TPSA) is 50.7 Å². The van der Waals surface area contributed by atoms with Crippen molar-refractivity contribution in [2.75, 3.05) is 5.32 Å². The van der Waals surface area contributed by atoms with Crippen molar-refractivity contribution in [3.05, 3.63) is 54.4 Å². The lowest BCUT2D eigenvalue weighted by Crippen LogP contribution is -2.08. The van der Waals surface area contributed by atoms with Gasteiger partial charge in [0.05, 0.1) is 17.3 Å². The molecule has 22 heavy (non-hydrogen) atoms. The molecular weight excluding hydrogens is 300 g/mol. The first-order valence-corrected chi connectivity index (χ1v) is 6.13. The highest BCUT2D eigenvalue weighted by atomic mass is 19.4. The van der Waals surface area contributed by atoms with Crippen LogP contribution in [0.3, 0.4) is 0 Å². The number of aromatic nitrogens is 3. The fraction of sp³-hybridized carbons (Fsp3) is 0.0714. The van der Waals surface area contributed by atoms with Gasteiger partial charge in [-0.15, -0.1) is 0 Å². The molecule has 0 spiro atoms. The Morgan fingerprint density at radius 2 is 1.86 bits per heavy atom. The van der Waals surface area contributed by atoms with Crippen LogP contribution < -0.4 is 5.32 Å². The molecule has 8 heteroatoms. The van der Waals surface area contributed by atoms with E-state index in [1.54, 1.807) is 6.07 Å². The first-order valence-electron chi connectivity index (χ1n) is 6.13. The highest BCUT2D eigenvalue weighted by molar-refractivity contribution is 5.89. The largest absolute Gasteiger partial charge is 0.419 e. The third-order valence-corrected chi connectivity index (χ3v) is 2.97. The lowest BCUT2D eigenvalue weighted by atomic mass is 10.1. The normalized spacial score (nSPS) is 11.6. The highest BCUT2D eigenvalue weighted by Crippen LogP contribution is 2.34. The minimum atomic E-state index is -4.76. The summed E-state index contributed by atoms with van der Waals surface area (Å²) in [5.74, 6) is -1.01. The zero-order valence-electron chi connectivity index (χ0n) is 10.9. The van der Waals surface area contributed by atoms with Gasteiger partial charge in [0.25, 0.3) is 0 Å². The van der Waals surface area contributed by atoms with Gasteiger partial charge in [0.15, 0.2) is 0 Å². The molecule has 0 bridgehead atoms. The van der Waals surface area contributed by atoms with Crippen molar-refractivity contribution in [1.29, 1.82) is 0 Å². The molecule has 1 N–H and O–H groups in total. The van der Waals surface area contributed by atoms with E-state index in [-0.39, 0.29) is 5.69 Å². The van der Waals surface area contributed by atoms with E-state index >= 15 is 0 Å². The summed E-state index contributed by atoms with van der Waals surface area (Å²) in [6, 6.07) is 4.30. The molecule has 0 radical (unpaired) electrons. The fourth-order valence-electron chi connectivity index (χ4n) is 1.96. The van der Waals surface area contributed by atoms with Gasteiger partial charge in [0, 0.05) is 17.3 Å². The molecular formula is C14H8F4N4. The van der Waals surface area contributed by atoms with Gasteiger partial charge in [-0.1, -0.05) is 0 Å². The smallest absolute Gasteiger partial charge is 0.340 e. The molecule has 4 nitrogen and oxygen atoms in total. The molecule has 2 heterocycles. The molecule has 0 atom stereocenters. The van der Waals surface area contributed by atoms with E-state index in [0.717, 1.165) is 6.07 Å². The van der Waals surface area contributed by atoms with Crippen LogP contribution in [0.25, 0.3) is 10.9 Å². The van der Waals surface area contributed by atoms with Gasteiger partial charge in [0.1, 0.15) is 18.0 Å². The molecule has 0 unspecified atom stereocenters. The van der Waals surface area contributed by atoms with E-state index < -0.39 is 17.6 Å². The third-order valence-electron chi connectivity index (χ3n) is 2.97. The summed E-state index contributed by atoms with van der Waals surface area (Å²) in [6.07, 6.45) is -0.476. The summed E-state index contributed by atoms with van der Waals surface area (Å²) < 4.78 is 51.4. The summed E-state index contributed by atoms with van der Waals surface area (Å²) in [6.45, 7) is 0. The lowest BCUT2D eigenvalue weighted by Gasteiger charge is -2.12. The molecule has 0 saturated heterocycles. The van der Waals surface area contributed by atoms with E-state index in [9.17, 15) is 17.6 Å². The van der Waals surface area contributed by atoms with Crippen LogP contribution in [0.1, 0.15) is 5.56 Å². The first-order chi connectivity index (χ1) is 10.4. The van der Waals surface area contributed by atoms with Gasteiger partial charge in [-0.25, -0.2) is 14.4 Å². The zero-order chi connectivity index (χ0) is 15.7. The SMILES string of the molecule is Fc1ccc(Nc2ncnc3cnccc23)cc1C(F)(F)F. The van der Waals surface area contributed by atoms with Crippen LogP contribution in [-0.4, -0.2) is 15.0 Å². The zero-order valence-corrected chi connectivity index (χ0v) is 10.9. The van der Waals surface area contributed by atoms with Crippen molar-refractivity contribution in [2.45, 2.75) is 6.18 Å². The second-order valence-corrected chi connectivity index (χ2v) is 4.43. The van der Waals surface area contributed by atoms with Gasteiger partial charge in [0.2, 0.25) is 0 Å². The summed E-state index contributed by atoms with van der Waals surface area (Å²) in [4.78, 5) is 11.9. The van der Waals surface area contributed by atoms with Gasteiger partial charge in [-0.05, 0) is 24.3 Å². The van der Waals surface area contributed by atoms with Crippen molar-refractivity contribution in [3.63, 3.8) is 0 Å². The molecule has 112 valence electrons. The Morgan fingerprint density at radius 3 is 2.64 bits per heavy atom. The van der Waals surface area contributed by atoms with E-state index in [0.29, 0.717) is 22.8 Å². The summed E-state index contributed by atoms with van der Waals surface area (Å²) in [5, 5.41) is 3.33. The molecule has 0 amide bonds. The number of nitrogens with one attached hydrogen (secondary N) is 1. The van der Waals surface area contributed by atoms with Crippen molar-refractivity contribution in [2.24, 2.45) is 0 Å². The average molecular weight is 308 g/mol. The molecule has 1 aromatic carbocycles. The predicted molar refractivity (Wildman–Crippen MR) is 72.0 cm³/mol. The number of fused-ring (bicyclic) bond motifs is 1. The molecule has 0 aliphatic rings. The monoisotopic (exact) mass is 308 g/mol. The van der Waals surface area contributed by atoms with Crippen molar-refractivity contribution >= 4 is 22.4 Å². The molecule has 2 aromatic heterocycles. The van der Waals surface area contributed by atoms with Crippen molar-refractivity contribution in [1.82, 2.24) is 15.0 Å². The van der Waals surface area contributed by atoms with Gasteiger partial charge < -0.3 is 5.32 Å². The van der Waals surface area contributed by atoms with Crippen molar-refractivity contribution < 1.29 is 17.6 Å². The summed E-state index contributed by atoms with van der Waals surface area (Å²) in [5.41, 5.74) is -0.721. The van der Waals surface area contributed by atoms with E-state index in [4.69, 9.17) is 0 Å². The van der Waals surface area contributed by atoms with Crippen LogP contribution in [0.15, 0.2) is 43.0 Å². The highest BCUT2D eigenvalue weighted by Gasteiger charge is 2.34. The summed E-state index contributed by atoms with van der Waals surface area (Å²) in [7, 11) is 0. The average Bonchev–Trinajstić information content (AvgIpc) is 2.48. The Balaban J connectivity index is 2.03. The Kier molecular flexibility index (Phi) is 3.36. The maximum Gasteiger partial charge on any atom is 0.419 e. The number of anilines is 2. The molecule has 0 aliphatic carbocycles. The second kappa shape index (κ2) is 5.21. The fourth-order valence-corrected chi connectivity index (χ4v) is 1.96. The Bertz CT molecular complexity index is 827. The quantitative estimate of drug-likeness (QED) is 0.729. The minimum Gasteiger partial charge on any atom is -0.340 e. The van der Waals surface area contributed by atoms with Crippen LogP contribution in [0.2, 0.25) is 0 Å². The first kappa shape index (κ1) is 14.2. The molecule has 3 aromatic rings. The molecule has 0 aliphatic heterocycles. The van der Waals surface area contributed by atoms with Gasteiger partial charge in [-0.2, -0.15) is 13.2 Å². The Hall–Kier alpha value is -2.77. The maximum absolute atomic E-state index is 13.3.